The molecular weight excluding hydrogens is 367 g/mol. The van der Waals surface area contributed by atoms with Crippen molar-refractivity contribution in [3.63, 3.8) is 0 Å². The van der Waals surface area contributed by atoms with E-state index >= 15 is 0 Å². The van der Waals surface area contributed by atoms with Crippen molar-refractivity contribution in [3.8, 4) is 5.69 Å². The van der Waals surface area contributed by atoms with E-state index in [2.05, 4.69) is 10.3 Å². The van der Waals surface area contributed by atoms with E-state index in [1.165, 1.54) is 12.1 Å². The Hall–Kier alpha value is -3.09. The fraction of sp³-hybridized carbons (Fsp3) is 0.238. The Morgan fingerprint density at radius 1 is 1.07 bits per heavy atom. The third-order valence-electron chi connectivity index (χ3n) is 4.48. The quantitative estimate of drug-likeness (QED) is 0.682. The van der Waals surface area contributed by atoms with Crippen LogP contribution in [-0.2, 0) is 23.9 Å². The Kier molecular flexibility index (Phi) is 5.82. The number of amides is 1. The van der Waals surface area contributed by atoms with Crippen molar-refractivity contribution < 1.29 is 18.0 Å². The molecule has 1 heterocycles. The summed E-state index contributed by atoms with van der Waals surface area (Å²) in [5.74, 6) is -0.486. The minimum absolute atomic E-state index is 0.140. The normalized spacial score (nSPS) is 12.6. The molecule has 0 bridgehead atoms. The number of benzene rings is 2. The molecule has 3 aromatic rings. The third kappa shape index (κ3) is 5.00. The number of nitrogens with one attached hydrogen (secondary N) is 1. The fourth-order valence-corrected chi connectivity index (χ4v) is 2.84. The number of alkyl halides is 3. The zero-order valence-corrected chi connectivity index (χ0v) is 15.3. The first-order valence-electron chi connectivity index (χ1n) is 8.84. The monoisotopic (exact) mass is 387 g/mol. The van der Waals surface area contributed by atoms with Crippen LogP contribution in [0, 0.1) is 5.92 Å². The summed E-state index contributed by atoms with van der Waals surface area (Å²) in [4.78, 5) is 16.3. The molecule has 0 spiro atoms. The highest BCUT2D eigenvalue weighted by molar-refractivity contribution is 5.78. The van der Waals surface area contributed by atoms with Crippen LogP contribution in [-0.4, -0.2) is 15.5 Å². The zero-order chi connectivity index (χ0) is 20.1. The molecule has 0 saturated carbocycles. The van der Waals surface area contributed by atoms with E-state index in [-0.39, 0.29) is 11.8 Å². The van der Waals surface area contributed by atoms with Crippen molar-refractivity contribution in [2.75, 3.05) is 0 Å². The van der Waals surface area contributed by atoms with Crippen LogP contribution in [0.5, 0.6) is 0 Å². The van der Waals surface area contributed by atoms with Gasteiger partial charge < -0.3 is 9.88 Å². The molecule has 1 N–H and O–H groups in total. The summed E-state index contributed by atoms with van der Waals surface area (Å²) in [6.07, 6.45) is 1.28. The highest BCUT2D eigenvalue weighted by Gasteiger charge is 2.30. The van der Waals surface area contributed by atoms with E-state index < -0.39 is 11.7 Å². The van der Waals surface area contributed by atoms with Gasteiger partial charge in [-0.2, -0.15) is 13.2 Å². The van der Waals surface area contributed by atoms with Gasteiger partial charge in [0.15, 0.2) is 0 Å². The second-order valence-electron chi connectivity index (χ2n) is 6.65. The summed E-state index contributed by atoms with van der Waals surface area (Å²) >= 11 is 0. The molecule has 0 aliphatic rings. The van der Waals surface area contributed by atoms with Crippen LogP contribution in [0.1, 0.15) is 23.6 Å². The SMILES string of the molecule is CC(Cc1ccc(C(F)(F)F)cc1)C(=O)NCc1ccc(-n2ccnc2)cc1. The summed E-state index contributed by atoms with van der Waals surface area (Å²) in [6.45, 7) is 2.15. The first kappa shape index (κ1) is 19.7. The number of carbonyl (C=O) groups is 1. The lowest BCUT2D eigenvalue weighted by molar-refractivity contribution is -0.137. The lowest BCUT2D eigenvalue weighted by atomic mass is 9.99. The maximum Gasteiger partial charge on any atom is 0.416 e. The van der Waals surface area contributed by atoms with Gasteiger partial charge in [-0.25, -0.2) is 4.98 Å². The molecule has 4 nitrogen and oxygen atoms in total. The molecule has 3 rings (SSSR count). The standard InChI is InChI=1S/C21H20F3N3O/c1-15(12-16-2-6-18(7-3-16)21(22,23)24)20(28)26-13-17-4-8-19(9-5-17)27-11-10-25-14-27/h2-11,14-15H,12-13H2,1H3,(H,26,28). The van der Waals surface area contributed by atoms with Gasteiger partial charge in [-0.15, -0.1) is 0 Å². The van der Waals surface area contributed by atoms with Crippen LogP contribution in [0.4, 0.5) is 13.2 Å². The van der Waals surface area contributed by atoms with Crippen molar-refractivity contribution in [2.24, 2.45) is 5.92 Å². The first-order valence-corrected chi connectivity index (χ1v) is 8.84. The largest absolute Gasteiger partial charge is 0.416 e. The molecule has 28 heavy (non-hydrogen) atoms. The number of aromatic nitrogens is 2. The Morgan fingerprint density at radius 3 is 2.29 bits per heavy atom. The minimum Gasteiger partial charge on any atom is -0.352 e. The molecule has 1 aromatic heterocycles. The number of nitrogens with zero attached hydrogens (tertiary/aromatic N) is 2. The highest BCUT2D eigenvalue weighted by Crippen LogP contribution is 2.29. The lowest BCUT2D eigenvalue weighted by Gasteiger charge is -2.13. The van der Waals surface area contributed by atoms with Crippen LogP contribution in [0.2, 0.25) is 0 Å². The molecule has 0 saturated heterocycles. The zero-order valence-electron chi connectivity index (χ0n) is 15.3. The van der Waals surface area contributed by atoms with E-state index in [0.29, 0.717) is 18.5 Å². The maximum atomic E-state index is 12.6. The van der Waals surface area contributed by atoms with Gasteiger partial charge in [-0.1, -0.05) is 31.2 Å². The van der Waals surface area contributed by atoms with E-state index in [4.69, 9.17) is 0 Å². The maximum absolute atomic E-state index is 12.6. The second-order valence-corrected chi connectivity index (χ2v) is 6.65. The number of hydrogen-bond acceptors (Lipinski definition) is 2. The smallest absolute Gasteiger partial charge is 0.352 e. The van der Waals surface area contributed by atoms with Gasteiger partial charge in [0.25, 0.3) is 0 Å². The van der Waals surface area contributed by atoms with Gasteiger partial charge in [-0.05, 0) is 41.8 Å². The molecule has 2 aromatic carbocycles. The summed E-state index contributed by atoms with van der Waals surface area (Å²) in [6, 6.07) is 12.7. The van der Waals surface area contributed by atoms with Crippen LogP contribution < -0.4 is 5.32 Å². The van der Waals surface area contributed by atoms with Gasteiger partial charge in [0, 0.05) is 30.5 Å². The Balaban J connectivity index is 1.51. The lowest BCUT2D eigenvalue weighted by Crippen LogP contribution is -2.29. The van der Waals surface area contributed by atoms with Gasteiger partial charge >= 0.3 is 6.18 Å². The summed E-state index contributed by atoms with van der Waals surface area (Å²) in [7, 11) is 0. The minimum atomic E-state index is -4.35. The molecule has 0 aliphatic heterocycles. The van der Waals surface area contributed by atoms with E-state index in [0.717, 1.165) is 23.4 Å². The predicted molar refractivity (Wildman–Crippen MR) is 99.7 cm³/mol. The van der Waals surface area contributed by atoms with Crippen molar-refractivity contribution in [1.82, 2.24) is 14.9 Å². The highest BCUT2D eigenvalue weighted by atomic mass is 19.4. The number of carbonyl (C=O) groups excluding carboxylic acids is 1. The summed E-state index contributed by atoms with van der Waals surface area (Å²) in [5, 5.41) is 2.87. The van der Waals surface area contributed by atoms with Crippen LogP contribution in [0.25, 0.3) is 5.69 Å². The average molecular weight is 387 g/mol. The average Bonchev–Trinajstić information content (AvgIpc) is 3.21. The Morgan fingerprint density at radius 2 is 1.71 bits per heavy atom. The van der Waals surface area contributed by atoms with Crippen molar-refractivity contribution >= 4 is 5.91 Å². The van der Waals surface area contributed by atoms with E-state index in [9.17, 15) is 18.0 Å². The first-order chi connectivity index (χ1) is 13.3. The molecule has 146 valence electrons. The van der Waals surface area contributed by atoms with E-state index in [1.807, 2.05) is 35.0 Å². The second kappa shape index (κ2) is 8.29. The molecule has 1 unspecified atom stereocenters. The Bertz CT molecular complexity index is 902. The topological polar surface area (TPSA) is 46.9 Å². The van der Waals surface area contributed by atoms with Gasteiger partial charge in [0.2, 0.25) is 5.91 Å². The molecule has 7 heteroatoms. The van der Waals surface area contributed by atoms with Gasteiger partial charge in [0.1, 0.15) is 0 Å². The van der Waals surface area contributed by atoms with E-state index in [1.54, 1.807) is 19.4 Å². The number of imidazole rings is 1. The molecule has 0 fully saturated rings. The van der Waals surface area contributed by atoms with Gasteiger partial charge in [0.05, 0.1) is 11.9 Å². The van der Waals surface area contributed by atoms with Crippen molar-refractivity contribution in [1.29, 1.82) is 0 Å². The summed E-state index contributed by atoms with van der Waals surface area (Å²) < 4.78 is 39.7. The number of halogens is 3. The van der Waals surface area contributed by atoms with Crippen molar-refractivity contribution in [3.05, 3.63) is 83.9 Å². The van der Waals surface area contributed by atoms with Crippen molar-refractivity contribution in [2.45, 2.75) is 26.1 Å². The summed E-state index contributed by atoms with van der Waals surface area (Å²) in [5.41, 5.74) is 1.94. The van der Waals surface area contributed by atoms with Crippen LogP contribution in [0.3, 0.4) is 0 Å². The Labute approximate surface area is 161 Å². The molecule has 0 aliphatic carbocycles. The number of hydrogen-bond donors (Lipinski definition) is 1. The molecular formula is C21H20F3N3O. The molecule has 0 radical (unpaired) electrons. The van der Waals surface area contributed by atoms with Gasteiger partial charge in [-0.3, -0.25) is 4.79 Å². The molecule has 1 amide bonds. The third-order valence-corrected chi connectivity index (χ3v) is 4.48. The predicted octanol–water partition coefficient (Wildman–Crippen LogP) is 4.39. The van der Waals surface area contributed by atoms with Crippen LogP contribution in [0.15, 0.2) is 67.3 Å². The molecule has 1 atom stereocenters. The fourth-order valence-electron chi connectivity index (χ4n) is 2.84. The number of rotatable bonds is 6. The van der Waals surface area contributed by atoms with Crippen LogP contribution >= 0.6 is 0 Å².